The van der Waals surface area contributed by atoms with Crippen molar-refractivity contribution < 1.29 is 58.2 Å². The Morgan fingerprint density at radius 2 is 1.67 bits per heavy atom. The van der Waals surface area contributed by atoms with Gasteiger partial charge in [0.05, 0.1) is 51.3 Å². The normalized spacial score (nSPS) is 22.6. The number of carbonyl (C=O) groups is 2. The summed E-state index contributed by atoms with van der Waals surface area (Å²) >= 11 is 0. The predicted octanol–water partition coefficient (Wildman–Crippen LogP) is 8.39. The first-order chi connectivity index (χ1) is 32.0. The van der Waals surface area contributed by atoms with E-state index in [1.165, 1.54) is 0 Å². The molecule has 0 unspecified atom stereocenters. The Morgan fingerprint density at radius 3 is 2.39 bits per heavy atom. The van der Waals surface area contributed by atoms with Gasteiger partial charge in [-0.1, -0.05) is 72.6 Å². The van der Waals surface area contributed by atoms with Gasteiger partial charge in [0.2, 0.25) is 5.79 Å². The number of oxime groups is 1. The van der Waals surface area contributed by atoms with Crippen LogP contribution in [0.3, 0.4) is 0 Å². The molecule has 3 aliphatic rings. The quantitative estimate of drug-likeness (QED) is 0.0304. The summed E-state index contributed by atoms with van der Waals surface area (Å²) in [5.74, 6) is -0.833. The van der Waals surface area contributed by atoms with Crippen molar-refractivity contribution in [3.8, 4) is 17.2 Å². The molecule has 6 rings (SSSR count). The molecule has 1 fully saturated rings. The number of nitrogens with zero attached hydrogens (tertiary/aromatic N) is 2. The van der Waals surface area contributed by atoms with E-state index in [1.807, 2.05) is 69.3 Å². The number of aliphatic hydroxyl groups excluding tert-OH is 3. The molecular weight excluding hydrogens is 845 g/mol. The van der Waals surface area contributed by atoms with Crippen LogP contribution in [0, 0.1) is 17.8 Å². The fraction of sp³-hybridized carbons (Fsp3) is 0.519. The van der Waals surface area contributed by atoms with Crippen LogP contribution in [-0.4, -0.2) is 115 Å². The molecule has 3 N–H and O–H groups in total. The van der Waals surface area contributed by atoms with Crippen LogP contribution in [-0.2, 0) is 30.4 Å². The summed E-state index contributed by atoms with van der Waals surface area (Å²) in [6.45, 7) is 10.5. The van der Waals surface area contributed by atoms with Crippen LogP contribution in [0.2, 0.25) is 0 Å². The lowest BCUT2D eigenvalue weighted by molar-refractivity contribution is -0.256. The number of hydrogen-bond acceptors (Lipinski definition) is 13. The second-order valence-electron chi connectivity index (χ2n) is 18.0. The van der Waals surface area contributed by atoms with Crippen molar-refractivity contribution in [2.24, 2.45) is 22.9 Å². The van der Waals surface area contributed by atoms with E-state index in [0.29, 0.717) is 48.0 Å². The highest BCUT2D eigenvalue weighted by Crippen LogP contribution is 2.62. The lowest BCUT2D eigenvalue weighted by atomic mass is 9.55. The summed E-state index contributed by atoms with van der Waals surface area (Å²) in [4.78, 5) is 34.2. The van der Waals surface area contributed by atoms with Gasteiger partial charge in [-0.3, -0.25) is 9.69 Å². The number of benzene rings is 3. The van der Waals surface area contributed by atoms with Crippen molar-refractivity contribution in [3.05, 3.63) is 114 Å². The molecule has 2 aliphatic carbocycles. The number of carbonyl (C=O) groups excluding carboxylic acids is 2. The van der Waals surface area contributed by atoms with Crippen LogP contribution in [0.15, 0.2) is 102 Å². The van der Waals surface area contributed by atoms with E-state index in [4.69, 9.17) is 38.4 Å². The molecule has 358 valence electrons. The first-order valence-corrected chi connectivity index (χ1v) is 23.3. The van der Waals surface area contributed by atoms with Crippen molar-refractivity contribution >= 4 is 18.1 Å². The van der Waals surface area contributed by atoms with E-state index in [-0.39, 0.29) is 83.6 Å². The van der Waals surface area contributed by atoms with E-state index in [9.17, 15) is 24.9 Å². The highest BCUT2D eigenvalue weighted by Gasteiger charge is 2.65. The van der Waals surface area contributed by atoms with Crippen LogP contribution in [0.25, 0.3) is 0 Å². The van der Waals surface area contributed by atoms with Gasteiger partial charge in [-0.2, -0.15) is 0 Å². The third-order valence-corrected chi connectivity index (χ3v) is 12.2. The average molecular weight is 913 g/mol. The van der Waals surface area contributed by atoms with Gasteiger partial charge in [0.25, 0.3) is 0 Å². The third-order valence-electron chi connectivity index (χ3n) is 12.2. The number of ether oxygens (including phenoxy) is 6. The molecule has 1 heterocycles. The van der Waals surface area contributed by atoms with Crippen molar-refractivity contribution in [3.63, 3.8) is 0 Å². The second-order valence-corrected chi connectivity index (χ2v) is 18.0. The molecule has 1 saturated carbocycles. The first-order valence-electron chi connectivity index (χ1n) is 23.3. The van der Waals surface area contributed by atoms with Crippen molar-refractivity contribution in [2.45, 2.75) is 95.7 Å². The molecule has 14 nitrogen and oxygen atoms in total. The molecule has 3 aromatic carbocycles. The fourth-order valence-corrected chi connectivity index (χ4v) is 9.43. The first kappa shape index (κ1) is 50.3. The van der Waals surface area contributed by atoms with Crippen molar-refractivity contribution in [1.29, 1.82) is 0 Å². The molecule has 0 aromatic heterocycles. The van der Waals surface area contributed by atoms with Crippen LogP contribution < -0.4 is 9.47 Å². The summed E-state index contributed by atoms with van der Waals surface area (Å²) < 4.78 is 38.5. The monoisotopic (exact) mass is 912 g/mol. The molecule has 14 heteroatoms. The minimum atomic E-state index is -1.54. The summed E-state index contributed by atoms with van der Waals surface area (Å²) in [6, 6.07) is 21.5. The number of hydrogen-bond donors (Lipinski definition) is 3. The van der Waals surface area contributed by atoms with E-state index in [0.717, 1.165) is 48.7 Å². The molecule has 0 saturated heterocycles. The highest BCUT2D eigenvalue weighted by atomic mass is 16.7. The van der Waals surface area contributed by atoms with E-state index in [2.05, 4.69) is 12.7 Å². The second kappa shape index (κ2) is 24.6. The molecule has 66 heavy (non-hydrogen) atoms. The van der Waals surface area contributed by atoms with Gasteiger partial charge in [-0.15, -0.1) is 6.58 Å². The Hall–Kier alpha value is -5.09. The molecule has 6 atom stereocenters. The Morgan fingerprint density at radius 1 is 0.894 bits per heavy atom. The lowest BCUT2D eigenvalue weighted by Gasteiger charge is -2.59. The van der Waals surface area contributed by atoms with E-state index < -0.39 is 29.4 Å². The molecule has 0 spiro atoms. The summed E-state index contributed by atoms with van der Waals surface area (Å²) in [7, 11) is 0. The maximum absolute atomic E-state index is 14.7. The minimum Gasteiger partial charge on any atom is -0.459 e. The Kier molecular flexibility index (Phi) is 18.8. The molecule has 0 radical (unpaired) electrons. The van der Waals surface area contributed by atoms with Gasteiger partial charge in [0.15, 0.2) is 0 Å². The zero-order chi connectivity index (χ0) is 46.9. The van der Waals surface area contributed by atoms with Gasteiger partial charge < -0.3 is 48.6 Å². The Balaban J connectivity index is 1.51. The number of allylic oxidation sites excluding steroid dienone is 1. The van der Waals surface area contributed by atoms with Crippen molar-refractivity contribution in [2.75, 3.05) is 59.4 Å². The average Bonchev–Trinajstić information content (AvgIpc) is 3.31. The molecule has 1 aliphatic heterocycles. The van der Waals surface area contributed by atoms with Gasteiger partial charge in [-0.05, 0) is 99.8 Å². The number of aldehydes is 1. The summed E-state index contributed by atoms with van der Waals surface area (Å²) in [5, 5.41) is 34.4. The maximum Gasteiger partial charge on any atom is 0.410 e. The predicted molar refractivity (Wildman–Crippen MR) is 250 cm³/mol. The van der Waals surface area contributed by atoms with E-state index in [1.54, 1.807) is 35.2 Å². The zero-order valence-electron chi connectivity index (χ0n) is 38.7. The van der Waals surface area contributed by atoms with Crippen LogP contribution >= 0.6 is 0 Å². The van der Waals surface area contributed by atoms with E-state index >= 15 is 0 Å². The van der Waals surface area contributed by atoms with Gasteiger partial charge >= 0.3 is 6.09 Å². The van der Waals surface area contributed by atoms with Gasteiger partial charge in [0.1, 0.15) is 41.8 Å². The molecular formula is C52H68N2O12. The number of rotatable bonds is 26. The fourth-order valence-electron chi connectivity index (χ4n) is 9.43. The van der Waals surface area contributed by atoms with Gasteiger partial charge in [-0.25, -0.2) is 4.79 Å². The summed E-state index contributed by atoms with van der Waals surface area (Å²) in [6.07, 6.45) is 8.57. The number of aliphatic hydroxyl groups is 3. The van der Waals surface area contributed by atoms with Gasteiger partial charge in [0, 0.05) is 43.2 Å². The molecule has 3 aromatic rings. The standard InChI is InChI=1S/C52H68N2O12/c1-5-26-63-52-47(54(22-27-60-28-25-57)50(59)62-30-29-61-36-37-14-7-6-8-15-37)34-45(53-66-51(2,3)4)43-32-39(17-9-11-23-55)42(19-10-12-24-56)48(49(43)52)44-33-41(20-21-46(44)65-52)64-40-18-13-16-38(31-40)35-58/h5-8,13-16,18,20-21,31-33,35,39,42,47-49,55-57H,1,9-12,17,19,22-30,34,36H2,2-4H3/t39-,42+,47-,48+,49+,52+/m0/s1. The number of fused-ring (bicyclic) bond motifs is 2. The minimum absolute atomic E-state index is 0.0172. The third kappa shape index (κ3) is 12.9. The maximum atomic E-state index is 14.7. The van der Waals surface area contributed by atoms with Crippen molar-refractivity contribution in [1.82, 2.24) is 4.90 Å². The summed E-state index contributed by atoms with van der Waals surface area (Å²) in [5.41, 5.74) is 3.22. The molecule has 0 bridgehead atoms. The lowest BCUT2D eigenvalue weighted by Crippen LogP contribution is -2.70. The SMILES string of the molecule is C=CCO[C@@]12Oc3ccc(Oc4cccc(C=O)c4)cc3[C@H]3[C@H](CCCCO)[C@@H](CCCCO)C=C(C(=NOC(C)(C)C)C[C@@H]1N(CCOCCO)C(=O)OCCOCc1ccccc1)[C@H]32. The smallest absolute Gasteiger partial charge is 0.410 e. The number of amides is 1. The largest absolute Gasteiger partial charge is 0.459 e. The molecule has 1 amide bonds. The Bertz CT molecular complexity index is 2090. The Labute approximate surface area is 389 Å². The zero-order valence-corrected chi connectivity index (χ0v) is 38.7. The van der Waals surface area contributed by atoms with Crippen LogP contribution in [0.5, 0.6) is 17.2 Å². The highest BCUT2D eigenvalue weighted by molar-refractivity contribution is 6.03. The van der Waals surface area contributed by atoms with Crippen LogP contribution in [0.4, 0.5) is 4.79 Å². The van der Waals surface area contributed by atoms with Crippen LogP contribution in [0.1, 0.15) is 93.1 Å². The number of unbranched alkanes of at least 4 members (excludes halogenated alkanes) is 2. The topological polar surface area (TPSA) is 175 Å².